The number of aliphatic carboxylic acids is 1. The van der Waals surface area contributed by atoms with Gasteiger partial charge >= 0.3 is 12.0 Å². The molecule has 0 heterocycles. The fraction of sp³-hybridized carbons (Fsp3) is 0.333. The van der Waals surface area contributed by atoms with Crippen molar-refractivity contribution in [1.82, 2.24) is 4.90 Å². The van der Waals surface area contributed by atoms with Crippen LogP contribution >= 0.6 is 11.6 Å². The lowest BCUT2D eigenvalue weighted by Crippen LogP contribution is -2.32. The van der Waals surface area contributed by atoms with Crippen LogP contribution in [-0.4, -0.2) is 35.6 Å². The van der Waals surface area contributed by atoms with Crippen molar-refractivity contribution in [3.63, 3.8) is 0 Å². The smallest absolute Gasteiger partial charge is 0.321 e. The van der Waals surface area contributed by atoms with Gasteiger partial charge in [-0.15, -0.1) is 0 Å². The van der Waals surface area contributed by atoms with Crippen molar-refractivity contribution >= 4 is 29.3 Å². The molecule has 1 rings (SSSR count). The maximum atomic E-state index is 12.9. The number of carboxylic acid groups (broad SMARTS) is 1. The van der Waals surface area contributed by atoms with E-state index >= 15 is 0 Å². The molecule has 2 N–H and O–H groups in total. The second-order valence-corrected chi connectivity index (χ2v) is 4.39. The minimum Gasteiger partial charge on any atom is -0.481 e. The largest absolute Gasteiger partial charge is 0.481 e. The van der Waals surface area contributed by atoms with E-state index in [2.05, 4.69) is 5.32 Å². The Hall–Kier alpha value is -1.82. The van der Waals surface area contributed by atoms with Crippen molar-refractivity contribution < 1.29 is 19.1 Å². The van der Waals surface area contributed by atoms with Gasteiger partial charge in [0.15, 0.2) is 0 Å². The van der Waals surface area contributed by atoms with E-state index in [4.69, 9.17) is 16.7 Å². The minimum atomic E-state index is -0.904. The molecule has 0 saturated carbocycles. The summed E-state index contributed by atoms with van der Waals surface area (Å²) >= 11 is 5.59. The summed E-state index contributed by atoms with van der Waals surface area (Å²) in [5, 5.41) is 10.9. The Labute approximate surface area is 115 Å². The van der Waals surface area contributed by atoms with E-state index < -0.39 is 17.8 Å². The maximum Gasteiger partial charge on any atom is 0.321 e. The SMILES string of the molecule is CN(CCCC(=O)O)C(=O)Nc1ccc(F)c(Cl)c1. The second kappa shape index (κ2) is 6.94. The lowest BCUT2D eigenvalue weighted by Gasteiger charge is -2.17. The number of rotatable bonds is 5. The number of amides is 2. The highest BCUT2D eigenvalue weighted by Gasteiger charge is 2.10. The number of benzene rings is 1. The van der Waals surface area contributed by atoms with Crippen LogP contribution in [0.3, 0.4) is 0 Å². The number of anilines is 1. The number of halogens is 2. The predicted octanol–water partition coefficient (Wildman–Crippen LogP) is 2.81. The number of carbonyl (C=O) groups is 2. The lowest BCUT2D eigenvalue weighted by molar-refractivity contribution is -0.137. The number of nitrogens with zero attached hydrogens (tertiary/aromatic N) is 1. The zero-order valence-electron chi connectivity index (χ0n) is 10.3. The normalized spacial score (nSPS) is 10.1. The first-order valence-electron chi connectivity index (χ1n) is 5.59. The van der Waals surface area contributed by atoms with Gasteiger partial charge in [-0.25, -0.2) is 9.18 Å². The molecule has 104 valence electrons. The number of nitrogens with one attached hydrogen (secondary N) is 1. The molecule has 1 aromatic rings. The first-order valence-corrected chi connectivity index (χ1v) is 5.97. The molecule has 0 spiro atoms. The highest BCUT2D eigenvalue weighted by molar-refractivity contribution is 6.31. The summed E-state index contributed by atoms with van der Waals surface area (Å²) < 4.78 is 12.9. The molecule has 1 aromatic carbocycles. The lowest BCUT2D eigenvalue weighted by atomic mass is 10.3. The van der Waals surface area contributed by atoms with E-state index in [-0.39, 0.29) is 11.4 Å². The topological polar surface area (TPSA) is 69.6 Å². The molecule has 2 amide bonds. The Morgan fingerprint density at radius 1 is 1.47 bits per heavy atom. The Morgan fingerprint density at radius 3 is 2.74 bits per heavy atom. The average molecular weight is 289 g/mol. The van der Waals surface area contributed by atoms with Crippen molar-refractivity contribution in [2.45, 2.75) is 12.8 Å². The summed E-state index contributed by atoms with van der Waals surface area (Å²) in [6.07, 6.45) is 0.365. The summed E-state index contributed by atoms with van der Waals surface area (Å²) in [5.41, 5.74) is 0.376. The van der Waals surface area contributed by atoms with Crippen LogP contribution < -0.4 is 5.32 Å². The van der Waals surface area contributed by atoms with Gasteiger partial charge in [-0.1, -0.05) is 11.6 Å². The molecule has 19 heavy (non-hydrogen) atoms. The first kappa shape index (κ1) is 15.2. The standard InChI is InChI=1S/C12H14ClFN2O3/c1-16(6-2-3-11(17)18)12(19)15-8-4-5-10(14)9(13)7-8/h4-5,7H,2-3,6H2,1H3,(H,15,19)(H,17,18). The van der Waals surface area contributed by atoms with Crippen LogP contribution in [-0.2, 0) is 4.79 Å². The molecule has 0 radical (unpaired) electrons. The molecule has 0 aromatic heterocycles. The van der Waals surface area contributed by atoms with Crippen molar-refractivity contribution in [2.75, 3.05) is 18.9 Å². The summed E-state index contributed by atoms with van der Waals surface area (Å²) in [6, 6.07) is 3.44. The third-order valence-corrected chi connectivity index (χ3v) is 2.69. The minimum absolute atomic E-state index is 0.00000360. The quantitative estimate of drug-likeness (QED) is 0.875. The van der Waals surface area contributed by atoms with E-state index in [1.165, 1.54) is 17.0 Å². The molecule has 0 saturated heterocycles. The fourth-order valence-corrected chi connectivity index (χ4v) is 1.54. The van der Waals surface area contributed by atoms with E-state index in [0.29, 0.717) is 18.7 Å². The Kier molecular flexibility index (Phi) is 5.57. The Balaban J connectivity index is 2.49. The Bertz CT molecular complexity index is 482. The maximum absolute atomic E-state index is 12.9. The van der Waals surface area contributed by atoms with Crippen LogP contribution in [0.15, 0.2) is 18.2 Å². The van der Waals surface area contributed by atoms with Crippen molar-refractivity contribution in [3.05, 3.63) is 29.0 Å². The number of urea groups is 1. The fourth-order valence-electron chi connectivity index (χ4n) is 1.36. The van der Waals surface area contributed by atoms with Crippen LogP contribution in [0.1, 0.15) is 12.8 Å². The molecule has 0 fully saturated rings. The monoisotopic (exact) mass is 288 g/mol. The highest BCUT2D eigenvalue weighted by Crippen LogP contribution is 2.19. The Morgan fingerprint density at radius 2 is 2.16 bits per heavy atom. The predicted molar refractivity (Wildman–Crippen MR) is 69.9 cm³/mol. The summed E-state index contributed by atoms with van der Waals surface area (Å²) in [7, 11) is 1.54. The van der Waals surface area contributed by atoms with Gasteiger partial charge in [0.2, 0.25) is 0 Å². The van der Waals surface area contributed by atoms with E-state index in [1.807, 2.05) is 0 Å². The van der Waals surface area contributed by atoms with Gasteiger partial charge in [0.1, 0.15) is 5.82 Å². The summed E-state index contributed by atoms with van der Waals surface area (Å²) in [6.45, 7) is 0.313. The number of hydrogen-bond donors (Lipinski definition) is 2. The van der Waals surface area contributed by atoms with Gasteiger partial charge < -0.3 is 15.3 Å². The number of hydrogen-bond acceptors (Lipinski definition) is 2. The molecule has 0 aliphatic carbocycles. The highest BCUT2D eigenvalue weighted by atomic mass is 35.5. The van der Waals surface area contributed by atoms with Crippen LogP contribution in [0.2, 0.25) is 5.02 Å². The van der Waals surface area contributed by atoms with Crippen LogP contribution in [0.25, 0.3) is 0 Å². The molecule has 0 aliphatic heterocycles. The molecule has 0 unspecified atom stereocenters. The van der Waals surface area contributed by atoms with Crippen LogP contribution in [0, 0.1) is 5.82 Å². The number of carbonyl (C=O) groups excluding carboxylic acids is 1. The van der Waals surface area contributed by atoms with Crippen molar-refractivity contribution in [1.29, 1.82) is 0 Å². The zero-order valence-corrected chi connectivity index (χ0v) is 11.1. The van der Waals surface area contributed by atoms with E-state index in [1.54, 1.807) is 7.05 Å². The average Bonchev–Trinajstić information content (AvgIpc) is 2.33. The van der Waals surface area contributed by atoms with Gasteiger partial charge in [-0.3, -0.25) is 4.79 Å². The second-order valence-electron chi connectivity index (χ2n) is 3.98. The van der Waals surface area contributed by atoms with Gasteiger partial charge in [0.25, 0.3) is 0 Å². The van der Waals surface area contributed by atoms with Crippen LogP contribution in [0.4, 0.5) is 14.9 Å². The molecule has 0 aliphatic rings. The first-order chi connectivity index (χ1) is 8.90. The third-order valence-electron chi connectivity index (χ3n) is 2.40. The van der Waals surface area contributed by atoms with E-state index in [0.717, 1.165) is 6.07 Å². The van der Waals surface area contributed by atoms with E-state index in [9.17, 15) is 14.0 Å². The molecule has 0 atom stereocenters. The molecule has 7 heteroatoms. The summed E-state index contributed by atoms with van der Waals surface area (Å²) in [4.78, 5) is 23.4. The molecular weight excluding hydrogens is 275 g/mol. The van der Waals surface area contributed by atoms with Crippen molar-refractivity contribution in [3.8, 4) is 0 Å². The zero-order chi connectivity index (χ0) is 14.4. The van der Waals surface area contributed by atoms with Gasteiger partial charge in [-0.2, -0.15) is 0 Å². The number of carboxylic acids is 1. The van der Waals surface area contributed by atoms with Crippen LogP contribution in [0.5, 0.6) is 0 Å². The third kappa shape index (κ3) is 5.13. The molecule has 5 nitrogen and oxygen atoms in total. The van der Waals surface area contributed by atoms with Gasteiger partial charge in [-0.05, 0) is 24.6 Å². The van der Waals surface area contributed by atoms with Crippen molar-refractivity contribution in [2.24, 2.45) is 0 Å². The molecular formula is C12H14ClFN2O3. The summed E-state index contributed by atoms with van der Waals surface area (Å²) in [5.74, 6) is -1.46. The molecule has 0 bridgehead atoms. The van der Waals surface area contributed by atoms with Gasteiger partial charge in [0.05, 0.1) is 5.02 Å². The van der Waals surface area contributed by atoms with Gasteiger partial charge in [0, 0.05) is 25.7 Å².